The number of ether oxygens (including phenoxy) is 3. The standard InChI is InChI=1S/C26H30N2O6/c1-16(2)15-33-25(30)22-18(4)27-17(3)21(24(29)32-5)23(22)19-10-9-13-28(14-19)26(31)34-20-11-7-6-8-12-20/h6-13,16,23,27H,14-15H2,1-5H3. The number of nitrogens with zero attached hydrogens (tertiary/aromatic N) is 1. The van der Waals surface area contributed by atoms with Crippen LogP contribution in [0.15, 0.2) is 76.8 Å². The lowest BCUT2D eigenvalue weighted by Gasteiger charge is -2.34. The summed E-state index contributed by atoms with van der Waals surface area (Å²) in [5, 5.41) is 3.11. The lowest BCUT2D eigenvalue weighted by atomic mass is 9.79. The summed E-state index contributed by atoms with van der Waals surface area (Å²) in [6.07, 6.45) is 4.50. The van der Waals surface area contributed by atoms with E-state index >= 15 is 0 Å². The molecule has 1 amide bonds. The van der Waals surface area contributed by atoms with Crippen molar-refractivity contribution in [3.63, 3.8) is 0 Å². The first-order chi connectivity index (χ1) is 16.2. The number of dihydropyridines is 1. The quantitative estimate of drug-likeness (QED) is 0.631. The highest BCUT2D eigenvalue weighted by Gasteiger charge is 2.40. The number of allylic oxidation sites excluding steroid dienone is 4. The third-order valence-corrected chi connectivity index (χ3v) is 5.42. The van der Waals surface area contributed by atoms with Crippen LogP contribution < -0.4 is 10.1 Å². The number of hydrogen-bond donors (Lipinski definition) is 1. The molecule has 2 heterocycles. The second kappa shape index (κ2) is 10.9. The Morgan fingerprint density at radius 2 is 1.71 bits per heavy atom. The fraction of sp³-hybridized carbons (Fsp3) is 0.346. The number of esters is 2. The molecule has 1 unspecified atom stereocenters. The highest BCUT2D eigenvalue weighted by molar-refractivity contribution is 5.99. The maximum atomic E-state index is 13.1. The molecule has 1 aromatic carbocycles. The highest BCUT2D eigenvalue weighted by Crippen LogP contribution is 2.38. The minimum atomic E-state index is -0.745. The predicted octanol–water partition coefficient (Wildman–Crippen LogP) is 4.08. The van der Waals surface area contributed by atoms with Crippen molar-refractivity contribution >= 4 is 18.0 Å². The Labute approximate surface area is 199 Å². The van der Waals surface area contributed by atoms with Gasteiger partial charge in [-0.05, 0) is 43.5 Å². The predicted molar refractivity (Wildman–Crippen MR) is 126 cm³/mol. The van der Waals surface area contributed by atoms with Crippen LogP contribution in [0.1, 0.15) is 27.7 Å². The average Bonchev–Trinajstić information content (AvgIpc) is 2.82. The number of hydrogen-bond acceptors (Lipinski definition) is 7. The maximum absolute atomic E-state index is 13.1. The van der Waals surface area contributed by atoms with E-state index in [4.69, 9.17) is 14.2 Å². The minimum absolute atomic E-state index is 0.120. The Kier molecular flexibility index (Phi) is 7.94. The molecule has 0 saturated carbocycles. The van der Waals surface area contributed by atoms with Crippen molar-refractivity contribution in [1.29, 1.82) is 0 Å². The van der Waals surface area contributed by atoms with Crippen molar-refractivity contribution in [3.8, 4) is 5.75 Å². The van der Waals surface area contributed by atoms with Crippen LogP contribution in [-0.2, 0) is 19.1 Å². The normalized spacial score (nSPS) is 17.9. The fourth-order valence-electron chi connectivity index (χ4n) is 3.87. The van der Waals surface area contributed by atoms with E-state index < -0.39 is 23.9 Å². The molecule has 1 N–H and O–H groups in total. The average molecular weight is 467 g/mol. The summed E-state index contributed by atoms with van der Waals surface area (Å²) in [6.45, 7) is 7.76. The van der Waals surface area contributed by atoms with Crippen molar-refractivity contribution in [2.45, 2.75) is 27.7 Å². The molecule has 1 atom stereocenters. The third kappa shape index (κ3) is 5.57. The molecule has 0 bridgehead atoms. The number of para-hydroxylation sites is 1. The summed E-state index contributed by atoms with van der Waals surface area (Å²) in [6, 6.07) is 8.74. The number of methoxy groups -OCH3 is 1. The molecule has 0 aliphatic carbocycles. The van der Waals surface area contributed by atoms with E-state index in [1.54, 1.807) is 56.5 Å². The smallest absolute Gasteiger partial charge is 0.419 e. The summed E-state index contributed by atoms with van der Waals surface area (Å²) in [5.41, 5.74) is 2.41. The van der Waals surface area contributed by atoms with Crippen molar-refractivity contribution in [3.05, 3.63) is 76.8 Å². The fourth-order valence-corrected chi connectivity index (χ4v) is 3.87. The molecule has 0 saturated heterocycles. The first kappa shape index (κ1) is 24.8. The monoisotopic (exact) mass is 466 g/mol. The Morgan fingerprint density at radius 3 is 2.32 bits per heavy atom. The molecule has 0 spiro atoms. The Hall–Kier alpha value is -3.81. The van der Waals surface area contributed by atoms with Gasteiger partial charge in [-0.3, -0.25) is 4.90 Å². The number of nitrogens with one attached hydrogen (secondary N) is 1. The summed E-state index contributed by atoms with van der Waals surface area (Å²) in [7, 11) is 1.29. The molecule has 3 rings (SSSR count). The molecule has 8 nitrogen and oxygen atoms in total. The number of carbonyl (C=O) groups is 3. The second-order valence-corrected chi connectivity index (χ2v) is 8.51. The lowest BCUT2D eigenvalue weighted by molar-refractivity contribution is -0.140. The number of benzene rings is 1. The molecular formula is C26H30N2O6. The molecule has 0 fully saturated rings. The zero-order valence-corrected chi connectivity index (χ0v) is 20.1. The van der Waals surface area contributed by atoms with Crippen LogP contribution in [-0.4, -0.2) is 43.2 Å². The number of rotatable bonds is 6. The van der Waals surface area contributed by atoms with Crippen LogP contribution >= 0.6 is 0 Å². The van der Waals surface area contributed by atoms with Gasteiger partial charge in [-0.25, -0.2) is 14.4 Å². The Bertz CT molecular complexity index is 1080. The summed E-state index contributed by atoms with van der Waals surface area (Å²) in [5.74, 6) is -1.27. The van der Waals surface area contributed by atoms with Gasteiger partial charge in [0.05, 0.1) is 31.4 Å². The van der Waals surface area contributed by atoms with Crippen molar-refractivity contribution in [1.82, 2.24) is 10.2 Å². The SMILES string of the molecule is COC(=O)C1=C(C)NC(C)=C(C(=O)OCC(C)C)C1C1=CC=CN(C(=O)Oc2ccccc2)C1. The van der Waals surface area contributed by atoms with Crippen LogP contribution in [0.5, 0.6) is 5.75 Å². The van der Waals surface area contributed by atoms with E-state index in [0.717, 1.165) is 0 Å². The topological polar surface area (TPSA) is 94.2 Å². The third-order valence-electron chi connectivity index (χ3n) is 5.42. The molecule has 34 heavy (non-hydrogen) atoms. The van der Waals surface area contributed by atoms with Gasteiger partial charge in [-0.2, -0.15) is 0 Å². The zero-order chi connectivity index (χ0) is 24.8. The van der Waals surface area contributed by atoms with E-state index in [0.29, 0.717) is 33.9 Å². The molecule has 0 aromatic heterocycles. The molecule has 2 aliphatic heterocycles. The molecule has 180 valence electrons. The Morgan fingerprint density at radius 1 is 1.06 bits per heavy atom. The van der Waals surface area contributed by atoms with Gasteiger partial charge in [0, 0.05) is 23.5 Å². The van der Waals surface area contributed by atoms with Crippen LogP contribution in [0.25, 0.3) is 0 Å². The van der Waals surface area contributed by atoms with Gasteiger partial charge in [-0.1, -0.05) is 38.1 Å². The van der Waals surface area contributed by atoms with Gasteiger partial charge in [0.1, 0.15) is 5.75 Å². The van der Waals surface area contributed by atoms with Gasteiger partial charge in [-0.15, -0.1) is 0 Å². The summed E-state index contributed by atoms with van der Waals surface area (Å²) >= 11 is 0. The van der Waals surface area contributed by atoms with E-state index in [9.17, 15) is 14.4 Å². The molecule has 0 radical (unpaired) electrons. The molecular weight excluding hydrogens is 436 g/mol. The maximum Gasteiger partial charge on any atom is 0.419 e. The van der Waals surface area contributed by atoms with Gasteiger partial charge in [0.25, 0.3) is 0 Å². The van der Waals surface area contributed by atoms with Crippen molar-refractivity contribution in [2.75, 3.05) is 20.3 Å². The van der Waals surface area contributed by atoms with Gasteiger partial charge in [0.15, 0.2) is 0 Å². The van der Waals surface area contributed by atoms with Gasteiger partial charge < -0.3 is 19.5 Å². The first-order valence-electron chi connectivity index (χ1n) is 11.1. The molecule has 1 aromatic rings. The largest absolute Gasteiger partial charge is 0.466 e. The van der Waals surface area contributed by atoms with E-state index in [2.05, 4.69) is 5.32 Å². The highest BCUT2D eigenvalue weighted by atomic mass is 16.6. The minimum Gasteiger partial charge on any atom is -0.466 e. The van der Waals surface area contributed by atoms with E-state index in [1.165, 1.54) is 12.0 Å². The van der Waals surface area contributed by atoms with Gasteiger partial charge in [0.2, 0.25) is 0 Å². The van der Waals surface area contributed by atoms with Crippen molar-refractivity contribution in [2.24, 2.45) is 11.8 Å². The van der Waals surface area contributed by atoms with Crippen LogP contribution in [0.3, 0.4) is 0 Å². The van der Waals surface area contributed by atoms with E-state index in [1.807, 2.05) is 19.9 Å². The number of carbonyl (C=O) groups excluding carboxylic acids is 3. The second-order valence-electron chi connectivity index (χ2n) is 8.51. The van der Waals surface area contributed by atoms with Crippen LogP contribution in [0.2, 0.25) is 0 Å². The Balaban J connectivity index is 1.93. The molecule has 2 aliphatic rings. The van der Waals surface area contributed by atoms with Gasteiger partial charge >= 0.3 is 18.0 Å². The number of amides is 1. The first-order valence-corrected chi connectivity index (χ1v) is 11.1. The van der Waals surface area contributed by atoms with E-state index in [-0.39, 0.29) is 19.1 Å². The molecule has 8 heteroatoms. The summed E-state index contributed by atoms with van der Waals surface area (Å²) < 4.78 is 16.0. The van der Waals surface area contributed by atoms with Crippen molar-refractivity contribution < 1.29 is 28.6 Å². The lowest BCUT2D eigenvalue weighted by Crippen LogP contribution is -2.39. The summed E-state index contributed by atoms with van der Waals surface area (Å²) in [4.78, 5) is 40.1. The van der Waals surface area contributed by atoms with Crippen LogP contribution in [0, 0.1) is 11.8 Å². The van der Waals surface area contributed by atoms with Crippen LogP contribution in [0.4, 0.5) is 4.79 Å². The zero-order valence-electron chi connectivity index (χ0n) is 20.1.